The molecular weight excluding hydrogens is 469 g/mol. The molecule has 4 aromatic rings. The highest BCUT2D eigenvalue weighted by Crippen LogP contribution is 2.33. The number of rotatable bonds is 8. The van der Waals surface area contributed by atoms with Crippen molar-refractivity contribution in [2.45, 2.75) is 19.1 Å². The number of carbonyl (C=O) groups excluding carboxylic acids is 1. The molecule has 37 heavy (non-hydrogen) atoms. The first-order valence-electron chi connectivity index (χ1n) is 12.1. The number of carbonyl (C=O) groups is 1. The molecule has 1 unspecified atom stereocenters. The Morgan fingerprint density at radius 3 is 2.73 bits per heavy atom. The number of likely N-dealkylation sites (N-methyl/N-ethyl adjacent to an activating group) is 1. The summed E-state index contributed by atoms with van der Waals surface area (Å²) in [5, 5.41) is 9.23. The molecule has 188 valence electrons. The maximum atomic E-state index is 15.5. The first-order chi connectivity index (χ1) is 18.0. The monoisotopic (exact) mass is 497 g/mol. The lowest BCUT2D eigenvalue weighted by Gasteiger charge is -2.20. The lowest BCUT2D eigenvalue weighted by Crippen LogP contribution is -2.22. The number of aromatic nitrogens is 2. The van der Waals surface area contributed by atoms with Crippen molar-refractivity contribution in [3.63, 3.8) is 0 Å². The van der Waals surface area contributed by atoms with E-state index in [0.29, 0.717) is 36.6 Å². The molecule has 8 heteroatoms. The molecule has 1 atom stereocenters. The fourth-order valence-corrected chi connectivity index (χ4v) is 4.69. The number of halogens is 1. The SMILES string of the molecule is CN(CCO)Cc1ccccc1-c1ccc(C2N=Cc3ncn(-c4cccc(CN)c4)c3C2=O)c(F)c1. The molecule has 0 fully saturated rings. The van der Waals surface area contributed by atoms with Crippen molar-refractivity contribution in [3.8, 4) is 16.8 Å². The maximum absolute atomic E-state index is 15.5. The number of aliphatic hydroxyl groups is 1. The summed E-state index contributed by atoms with van der Waals surface area (Å²) in [4.78, 5) is 24.3. The Morgan fingerprint density at radius 1 is 1.11 bits per heavy atom. The average Bonchev–Trinajstić information content (AvgIpc) is 3.35. The molecular formula is C29H28FN5O2. The van der Waals surface area contributed by atoms with Crippen LogP contribution in [0.1, 0.15) is 38.9 Å². The lowest BCUT2D eigenvalue weighted by atomic mass is 9.93. The van der Waals surface area contributed by atoms with Crippen LogP contribution >= 0.6 is 0 Å². The van der Waals surface area contributed by atoms with E-state index in [9.17, 15) is 9.90 Å². The van der Waals surface area contributed by atoms with Crippen LogP contribution in [0.3, 0.4) is 0 Å². The van der Waals surface area contributed by atoms with E-state index in [1.165, 1.54) is 12.3 Å². The van der Waals surface area contributed by atoms with Gasteiger partial charge in [-0.1, -0.05) is 48.5 Å². The molecule has 0 aliphatic carbocycles. The second-order valence-corrected chi connectivity index (χ2v) is 9.12. The zero-order valence-corrected chi connectivity index (χ0v) is 20.5. The molecule has 5 rings (SSSR count). The molecule has 2 heterocycles. The van der Waals surface area contributed by atoms with E-state index in [0.717, 1.165) is 22.4 Å². The Kier molecular flexibility index (Phi) is 7.05. The Hall–Kier alpha value is -3.98. The number of aliphatic imine (C=N–C) groups is 1. The summed E-state index contributed by atoms with van der Waals surface area (Å²) in [6.07, 6.45) is 3.11. The number of Topliss-reactive ketones (excluding diaryl/α,β-unsaturated/α-hetero) is 1. The van der Waals surface area contributed by atoms with Gasteiger partial charge in [0.1, 0.15) is 29.6 Å². The van der Waals surface area contributed by atoms with Crippen molar-refractivity contribution in [2.75, 3.05) is 20.2 Å². The molecule has 0 spiro atoms. The third-order valence-electron chi connectivity index (χ3n) is 6.59. The summed E-state index contributed by atoms with van der Waals surface area (Å²) in [7, 11) is 1.93. The molecule has 7 nitrogen and oxygen atoms in total. The molecule has 0 amide bonds. The Morgan fingerprint density at radius 2 is 1.95 bits per heavy atom. The Balaban J connectivity index is 1.46. The molecule has 0 saturated carbocycles. The molecule has 0 bridgehead atoms. The van der Waals surface area contributed by atoms with Gasteiger partial charge < -0.3 is 10.8 Å². The van der Waals surface area contributed by atoms with Gasteiger partial charge in [-0.05, 0) is 47.5 Å². The predicted octanol–water partition coefficient (Wildman–Crippen LogP) is 3.92. The van der Waals surface area contributed by atoms with E-state index in [1.54, 1.807) is 17.0 Å². The van der Waals surface area contributed by atoms with Gasteiger partial charge >= 0.3 is 0 Å². The normalized spacial score (nSPS) is 14.8. The van der Waals surface area contributed by atoms with Crippen LogP contribution in [-0.2, 0) is 13.1 Å². The van der Waals surface area contributed by atoms with Crippen LogP contribution in [0.2, 0.25) is 0 Å². The quantitative estimate of drug-likeness (QED) is 0.385. The van der Waals surface area contributed by atoms with E-state index in [-0.39, 0.29) is 18.0 Å². The van der Waals surface area contributed by atoms with E-state index in [1.807, 2.05) is 66.5 Å². The van der Waals surface area contributed by atoms with Crippen molar-refractivity contribution in [1.82, 2.24) is 14.5 Å². The molecule has 3 aromatic carbocycles. The summed E-state index contributed by atoms with van der Waals surface area (Å²) in [6, 6.07) is 19.3. The van der Waals surface area contributed by atoms with Crippen LogP contribution in [0.4, 0.5) is 4.39 Å². The van der Waals surface area contributed by atoms with Crippen LogP contribution in [0.15, 0.2) is 78.0 Å². The van der Waals surface area contributed by atoms with Crippen molar-refractivity contribution >= 4 is 12.0 Å². The van der Waals surface area contributed by atoms with Gasteiger partial charge in [0, 0.05) is 30.9 Å². The van der Waals surface area contributed by atoms with Gasteiger partial charge in [-0.15, -0.1) is 0 Å². The smallest absolute Gasteiger partial charge is 0.210 e. The standard InChI is InChI=1S/C29H28FN5O2/c1-34(11-12-36)17-21-6-2-3-8-23(21)20-9-10-24(25(30)14-20)27-29(37)28-26(16-32-27)33-18-35(28)22-7-4-5-19(13-22)15-31/h2-10,13-14,16,18,27,36H,11-12,15,17,31H2,1H3. The van der Waals surface area contributed by atoms with Crippen LogP contribution in [0, 0.1) is 5.82 Å². The van der Waals surface area contributed by atoms with Gasteiger partial charge in [-0.2, -0.15) is 0 Å². The molecule has 0 radical (unpaired) electrons. The zero-order valence-electron chi connectivity index (χ0n) is 20.5. The molecule has 0 saturated heterocycles. The summed E-state index contributed by atoms with van der Waals surface area (Å²) in [5.74, 6) is -0.808. The number of fused-ring (bicyclic) bond motifs is 1. The van der Waals surface area contributed by atoms with Crippen molar-refractivity contribution < 1.29 is 14.3 Å². The molecule has 1 aliphatic heterocycles. The number of aliphatic hydroxyl groups excluding tert-OH is 1. The average molecular weight is 498 g/mol. The largest absolute Gasteiger partial charge is 0.395 e. The van der Waals surface area contributed by atoms with Crippen molar-refractivity contribution in [3.05, 3.63) is 107 Å². The van der Waals surface area contributed by atoms with Gasteiger partial charge in [0.05, 0.1) is 12.8 Å². The minimum Gasteiger partial charge on any atom is -0.395 e. The fraction of sp³-hybridized carbons (Fsp3) is 0.207. The van der Waals surface area contributed by atoms with Gasteiger partial charge in [0.25, 0.3) is 0 Å². The van der Waals surface area contributed by atoms with E-state index < -0.39 is 11.9 Å². The number of ketones is 1. The summed E-state index contributed by atoms with van der Waals surface area (Å²) < 4.78 is 17.2. The number of hydrogen-bond acceptors (Lipinski definition) is 6. The van der Waals surface area contributed by atoms with Crippen LogP contribution in [-0.4, -0.2) is 51.8 Å². The first-order valence-corrected chi connectivity index (χ1v) is 12.1. The predicted molar refractivity (Wildman–Crippen MR) is 141 cm³/mol. The van der Waals surface area contributed by atoms with Gasteiger partial charge in [-0.3, -0.25) is 19.3 Å². The van der Waals surface area contributed by atoms with Crippen molar-refractivity contribution in [2.24, 2.45) is 10.7 Å². The van der Waals surface area contributed by atoms with Gasteiger partial charge in [0.2, 0.25) is 5.78 Å². The maximum Gasteiger partial charge on any atom is 0.210 e. The lowest BCUT2D eigenvalue weighted by molar-refractivity contribution is 0.0952. The number of benzene rings is 3. The highest BCUT2D eigenvalue weighted by atomic mass is 19.1. The van der Waals surface area contributed by atoms with Crippen LogP contribution in [0.5, 0.6) is 0 Å². The van der Waals surface area contributed by atoms with Crippen molar-refractivity contribution in [1.29, 1.82) is 0 Å². The number of nitrogens with zero attached hydrogens (tertiary/aromatic N) is 4. The molecule has 1 aromatic heterocycles. The van der Waals surface area contributed by atoms with E-state index in [4.69, 9.17) is 5.73 Å². The second-order valence-electron chi connectivity index (χ2n) is 9.12. The second kappa shape index (κ2) is 10.6. The molecule has 3 N–H and O–H groups in total. The number of imidazole rings is 1. The number of nitrogens with two attached hydrogens (primary N) is 1. The highest BCUT2D eigenvalue weighted by molar-refractivity contribution is 6.08. The highest BCUT2D eigenvalue weighted by Gasteiger charge is 2.32. The minimum absolute atomic E-state index is 0.0665. The third kappa shape index (κ3) is 4.86. The number of hydrogen-bond donors (Lipinski definition) is 2. The van der Waals surface area contributed by atoms with E-state index in [2.05, 4.69) is 9.98 Å². The summed E-state index contributed by atoms with van der Waals surface area (Å²) >= 11 is 0. The van der Waals surface area contributed by atoms with Crippen LogP contribution in [0.25, 0.3) is 16.8 Å². The van der Waals surface area contributed by atoms with Gasteiger partial charge in [0.15, 0.2) is 0 Å². The Bertz CT molecular complexity index is 1480. The zero-order chi connectivity index (χ0) is 25.9. The summed E-state index contributed by atoms with van der Waals surface area (Å²) in [6.45, 7) is 1.60. The van der Waals surface area contributed by atoms with Crippen LogP contribution < -0.4 is 5.73 Å². The molecule has 1 aliphatic rings. The fourth-order valence-electron chi connectivity index (χ4n) is 4.69. The first kappa shape index (κ1) is 24.7. The van der Waals surface area contributed by atoms with Gasteiger partial charge in [-0.25, -0.2) is 9.37 Å². The minimum atomic E-state index is -0.999. The summed E-state index contributed by atoms with van der Waals surface area (Å²) in [5.41, 5.74) is 11.2. The van der Waals surface area contributed by atoms with E-state index >= 15 is 4.39 Å². The third-order valence-corrected chi connectivity index (χ3v) is 6.59. The topological polar surface area (TPSA) is 96.7 Å². The Labute approximate surface area is 214 Å².